The lowest BCUT2D eigenvalue weighted by Gasteiger charge is -2.22. The summed E-state index contributed by atoms with van der Waals surface area (Å²) in [6.07, 6.45) is 0.575. The molecule has 0 saturated carbocycles. The number of para-hydroxylation sites is 1. The molecule has 3 rings (SSSR count). The highest BCUT2D eigenvalue weighted by molar-refractivity contribution is 6.09. The fraction of sp³-hybridized carbons (Fsp3) is 0.300. The van der Waals surface area contributed by atoms with Crippen molar-refractivity contribution < 1.29 is 9.59 Å². The van der Waals surface area contributed by atoms with E-state index >= 15 is 0 Å². The maximum absolute atomic E-state index is 12.7. The summed E-state index contributed by atoms with van der Waals surface area (Å²) in [5, 5.41) is 0. The van der Waals surface area contributed by atoms with Crippen molar-refractivity contribution in [3.63, 3.8) is 0 Å². The first-order valence-corrected chi connectivity index (χ1v) is 8.24. The van der Waals surface area contributed by atoms with Gasteiger partial charge < -0.3 is 9.80 Å². The molecule has 1 atom stereocenters. The van der Waals surface area contributed by atoms with Crippen LogP contribution in [0.1, 0.15) is 17.5 Å². The van der Waals surface area contributed by atoms with Gasteiger partial charge in [-0.15, -0.1) is 0 Å². The summed E-state index contributed by atoms with van der Waals surface area (Å²) in [5.74, 6) is -0.757. The third kappa shape index (κ3) is 3.18. The molecule has 124 valence electrons. The van der Waals surface area contributed by atoms with Crippen molar-refractivity contribution in [2.24, 2.45) is 5.92 Å². The lowest BCUT2D eigenvalue weighted by atomic mass is 10.1. The first kappa shape index (κ1) is 16.2. The highest BCUT2D eigenvalue weighted by Gasteiger charge is 2.39. The maximum Gasteiger partial charge on any atom is 0.239 e. The van der Waals surface area contributed by atoms with Crippen LogP contribution in [-0.2, 0) is 16.1 Å². The minimum atomic E-state index is -0.571. The van der Waals surface area contributed by atoms with Gasteiger partial charge in [0, 0.05) is 25.8 Å². The van der Waals surface area contributed by atoms with E-state index in [4.69, 9.17) is 0 Å². The fourth-order valence-electron chi connectivity index (χ4n) is 3.22. The van der Waals surface area contributed by atoms with E-state index in [1.54, 1.807) is 16.8 Å². The topological polar surface area (TPSA) is 40.6 Å². The van der Waals surface area contributed by atoms with Gasteiger partial charge >= 0.3 is 0 Å². The largest absolute Gasteiger partial charge is 0.341 e. The van der Waals surface area contributed by atoms with Gasteiger partial charge in [-0.2, -0.15) is 0 Å². The van der Waals surface area contributed by atoms with Crippen LogP contribution in [-0.4, -0.2) is 30.3 Å². The number of carbonyl (C=O) groups is 2. The second kappa shape index (κ2) is 6.87. The average Bonchev–Trinajstić information content (AvgIpc) is 2.97. The van der Waals surface area contributed by atoms with Crippen molar-refractivity contribution in [1.82, 2.24) is 4.90 Å². The van der Waals surface area contributed by atoms with E-state index in [0.29, 0.717) is 19.5 Å². The zero-order valence-electron chi connectivity index (χ0n) is 14.1. The molecule has 1 saturated heterocycles. The van der Waals surface area contributed by atoms with Crippen LogP contribution in [0.4, 0.5) is 5.69 Å². The van der Waals surface area contributed by atoms with Gasteiger partial charge in [0.15, 0.2) is 0 Å². The summed E-state index contributed by atoms with van der Waals surface area (Å²) < 4.78 is 0. The summed E-state index contributed by atoms with van der Waals surface area (Å²) in [6, 6.07) is 17.6. The number of hydrogen-bond acceptors (Lipinski definition) is 2. The Bertz CT molecular complexity index is 742. The first-order chi connectivity index (χ1) is 11.6. The molecular formula is C20H22N2O2. The van der Waals surface area contributed by atoms with E-state index in [2.05, 4.69) is 0 Å². The highest BCUT2D eigenvalue weighted by atomic mass is 16.2. The van der Waals surface area contributed by atoms with Crippen molar-refractivity contribution in [2.75, 3.05) is 18.5 Å². The Balaban J connectivity index is 1.70. The second-order valence-corrected chi connectivity index (χ2v) is 6.30. The van der Waals surface area contributed by atoms with Gasteiger partial charge in [0.1, 0.15) is 5.92 Å². The number of hydrogen-bond donors (Lipinski definition) is 0. The Morgan fingerprint density at radius 2 is 1.79 bits per heavy atom. The number of amides is 2. The third-order valence-electron chi connectivity index (χ3n) is 4.55. The second-order valence-electron chi connectivity index (χ2n) is 6.30. The molecule has 0 spiro atoms. The summed E-state index contributed by atoms with van der Waals surface area (Å²) in [7, 11) is 1.76. The summed E-state index contributed by atoms with van der Waals surface area (Å²) in [6.45, 7) is 3.10. The number of carbonyl (C=O) groups excluding carboxylic acids is 2. The van der Waals surface area contributed by atoms with E-state index in [1.807, 2.05) is 61.5 Å². The predicted molar refractivity (Wildman–Crippen MR) is 94.6 cm³/mol. The zero-order valence-corrected chi connectivity index (χ0v) is 14.1. The minimum absolute atomic E-state index is 0.0887. The van der Waals surface area contributed by atoms with Crippen molar-refractivity contribution in [1.29, 1.82) is 0 Å². The molecule has 0 bridgehead atoms. The molecule has 1 aliphatic heterocycles. The van der Waals surface area contributed by atoms with Crippen molar-refractivity contribution in [2.45, 2.75) is 19.9 Å². The quantitative estimate of drug-likeness (QED) is 0.812. The number of benzene rings is 2. The Labute approximate surface area is 142 Å². The maximum atomic E-state index is 12.7. The summed E-state index contributed by atoms with van der Waals surface area (Å²) >= 11 is 0. The first-order valence-electron chi connectivity index (χ1n) is 8.24. The van der Waals surface area contributed by atoms with Crippen LogP contribution < -0.4 is 4.90 Å². The van der Waals surface area contributed by atoms with Crippen LogP contribution >= 0.6 is 0 Å². The van der Waals surface area contributed by atoms with Gasteiger partial charge in [0.25, 0.3) is 0 Å². The van der Waals surface area contributed by atoms with Gasteiger partial charge in [-0.25, -0.2) is 0 Å². The third-order valence-corrected chi connectivity index (χ3v) is 4.55. The number of anilines is 1. The van der Waals surface area contributed by atoms with Crippen molar-refractivity contribution in [3.8, 4) is 0 Å². The molecule has 1 aliphatic rings. The molecular weight excluding hydrogens is 300 g/mol. The summed E-state index contributed by atoms with van der Waals surface area (Å²) in [4.78, 5) is 28.8. The van der Waals surface area contributed by atoms with Gasteiger partial charge in [0.2, 0.25) is 11.8 Å². The molecule has 24 heavy (non-hydrogen) atoms. The summed E-state index contributed by atoms with van der Waals surface area (Å²) in [5.41, 5.74) is 3.02. The van der Waals surface area contributed by atoms with Gasteiger partial charge in [-0.1, -0.05) is 48.5 Å². The molecule has 0 unspecified atom stereocenters. The van der Waals surface area contributed by atoms with E-state index in [9.17, 15) is 9.59 Å². The van der Waals surface area contributed by atoms with Crippen LogP contribution in [0.2, 0.25) is 0 Å². The van der Waals surface area contributed by atoms with Crippen LogP contribution in [0, 0.1) is 12.8 Å². The molecule has 2 aromatic rings. The molecule has 1 heterocycles. The monoisotopic (exact) mass is 322 g/mol. The molecule has 2 aromatic carbocycles. The van der Waals surface area contributed by atoms with Gasteiger partial charge in [-0.3, -0.25) is 9.59 Å². The van der Waals surface area contributed by atoms with Gasteiger partial charge in [0.05, 0.1) is 0 Å². The molecule has 0 aliphatic carbocycles. The molecule has 4 nitrogen and oxygen atoms in total. The van der Waals surface area contributed by atoms with Crippen LogP contribution in [0.25, 0.3) is 0 Å². The standard InChI is InChI=1S/C20H22N2O2/c1-15-8-6-7-11-18(15)22-13-12-17(20(22)24)19(23)21(2)14-16-9-4-3-5-10-16/h3-11,17H,12-14H2,1-2H3/t17-/m0/s1. The fourth-order valence-corrected chi connectivity index (χ4v) is 3.22. The van der Waals surface area contributed by atoms with Crippen molar-refractivity contribution >= 4 is 17.5 Å². The number of aryl methyl sites for hydroxylation is 1. The average molecular weight is 322 g/mol. The normalized spacial score (nSPS) is 17.2. The predicted octanol–water partition coefficient (Wildman–Crippen LogP) is 3.01. The SMILES string of the molecule is Cc1ccccc1N1CC[C@@H](C(=O)N(C)Cc2ccccc2)C1=O. The van der Waals surface area contributed by atoms with Crippen LogP contribution in [0.3, 0.4) is 0 Å². The Kier molecular flexibility index (Phi) is 4.65. The van der Waals surface area contributed by atoms with Gasteiger partial charge in [-0.05, 0) is 30.5 Å². The molecule has 0 radical (unpaired) electrons. The Hall–Kier alpha value is -2.62. The Morgan fingerprint density at radius 3 is 2.50 bits per heavy atom. The number of nitrogens with zero attached hydrogens (tertiary/aromatic N) is 2. The molecule has 4 heteroatoms. The van der Waals surface area contributed by atoms with E-state index in [0.717, 1.165) is 16.8 Å². The van der Waals surface area contributed by atoms with Crippen LogP contribution in [0.5, 0.6) is 0 Å². The van der Waals surface area contributed by atoms with E-state index < -0.39 is 5.92 Å². The Morgan fingerprint density at radius 1 is 1.12 bits per heavy atom. The van der Waals surface area contributed by atoms with E-state index in [-0.39, 0.29) is 11.8 Å². The molecule has 0 aromatic heterocycles. The van der Waals surface area contributed by atoms with Crippen molar-refractivity contribution in [3.05, 3.63) is 65.7 Å². The lowest BCUT2D eigenvalue weighted by Crippen LogP contribution is -2.37. The molecule has 0 N–H and O–H groups in total. The van der Waals surface area contributed by atoms with E-state index in [1.165, 1.54) is 0 Å². The zero-order chi connectivity index (χ0) is 17.1. The highest BCUT2D eigenvalue weighted by Crippen LogP contribution is 2.28. The lowest BCUT2D eigenvalue weighted by molar-refractivity contribution is -0.139. The van der Waals surface area contributed by atoms with Crippen LogP contribution in [0.15, 0.2) is 54.6 Å². The smallest absolute Gasteiger partial charge is 0.239 e. The number of rotatable bonds is 4. The molecule has 1 fully saturated rings. The molecule has 2 amide bonds. The minimum Gasteiger partial charge on any atom is -0.341 e.